The van der Waals surface area contributed by atoms with E-state index in [0.717, 1.165) is 16.7 Å². The molecule has 0 bridgehead atoms. The lowest BCUT2D eigenvalue weighted by Crippen LogP contribution is -2.28. The second-order valence-corrected chi connectivity index (χ2v) is 13.8. The molecule has 7 nitrogen and oxygen atoms in total. The van der Waals surface area contributed by atoms with Crippen LogP contribution in [-0.2, 0) is 22.0 Å². The number of aromatic nitrogens is 1. The number of carbonyl (C=O) groups is 1. The van der Waals surface area contributed by atoms with E-state index in [9.17, 15) is 26.4 Å². The molecule has 0 aliphatic rings. The minimum Gasteiger partial charge on any atom is -0.356 e. The van der Waals surface area contributed by atoms with Crippen LogP contribution in [0, 0.1) is 0 Å². The molecule has 0 aliphatic carbocycles. The first kappa shape index (κ1) is 32.3. The highest BCUT2D eigenvalue weighted by atomic mass is 32.2. The number of nitrogens with zero attached hydrogens (tertiary/aromatic N) is 1. The Bertz CT molecular complexity index is 1640. The van der Waals surface area contributed by atoms with Crippen molar-refractivity contribution in [2.24, 2.45) is 0 Å². The Morgan fingerprint density at radius 2 is 1.60 bits per heavy atom. The van der Waals surface area contributed by atoms with Gasteiger partial charge in [-0.05, 0) is 64.6 Å². The Morgan fingerprint density at radius 1 is 0.977 bits per heavy atom. The molecular weight excluding hydrogens is 601 g/mol. The first-order valence-corrected chi connectivity index (χ1v) is 15.8. The highest BCUT2D eigenvalue weighted by molar-refractivity contribution is 8.00. The van der Waals surface area contributed by atoms with Crippen molar-refractivity contribution in [3.8, 4) is 11.3 Å². The van der Waals surface area contributed by atoms with Gasteiger partial charge in [0.25, 0.3) is 16.0 Å². The quantitative estimate of drug-likeness (QED) is 0.140. The largest absolute Gasteiger partial charge is 0.446 e. The van der Waals surface area contributed by atoms with Gasteiger partial charge in [0.15, 0.2) is 5.76 Å². The molecule has 3 aromatic carbocycles. The molecular formula is C31H31F3N2O5S2. The van der Waals surface area contributed by atoms with Crippen molar-refractivity contribution >= 4 is 27.8 Å². The van der Waals surface area contributed by atoms with Crippen LogP contribution >= 0.6 is 11.8 Å². The molecule has 4 rings (SSSR count). The summed E-state index contributed by atoms with van der Waals surface area (Å²) in [5.74, 6) is -0.860. The molecule has 0 radical (unpaired) electrons. The summed E-state index contributed by atoms with van der Waals surface area (Å²) in [6.45, 7) is 6.16. The maximum atomic E-state index is 12.7. The normalized spacial score (nSPS) is 13.1. The summed E-state index contributed by atoms with van der Waals surface area (Å²) in [5, 5.41) is 6.78. The van der Waals surface area contributed by atoms with E-state index in [1.807, 2.05) is 12.1 Å². The van der Waals surface area contributed by atoms with Gasteiger partial charge in [0.1, 0.15) is 0 Å². The molecule has 12 heteroatoms. The second kappa shape index (κ2) is 12.9. The van der Waals surface area contributed by atoms with Gasteiger partial charge in [0.2, 0.25) is 0 Å². The van der Waals surface area contributed by atoms with Crippen molar-refractivity contribution in [2.75, 3.05) is 12.3 Å². The highest BCUT2D eigenvalue weighted by Gasteiger charge is 2.29. The fourth-order valence-corrected chi connectivity index (χ4v) is 5.34. The van der Waals surface area contributed by atoms with E-state index >= 15 is 0 Å². The summed E-state index contributed by atoms with van der Waals surface area (Å²) in [5.41, 5.74) is 0.202. The smallest absolute Gasteiger partial charge is 0.356 e. The van der Waals surface area contributed by atoms with E-state index in [1.54, 1.807) is 42.5 Å². The lowest BCUT2D eigenvalue weighted by molar-refractivity contribution is -0.0328. The number of hydrogen-bond acceptors (Lipinski definition) is 6. The third kappa shape index (κ3) is 9.44. The van der Waals surface area contributed by atoms with Crippen molar-refractivity contribution in [3.63, 3.8) is 0 Å². The molecule has 4 aromatic rings. The summed E-state index contributed by atoms with van der Waals surface area (Å²) in [4.78, 5) is 12.5. The van der Waals surface area contributed by atoms with Crippen molar-refractivity contribution in [1.82, 2.24) is 10.5 Å². The number of thioether (sulfide) groups is 1. The van der Waals surface area contributed by atoms with Crippen molar-refractivity contribution in [2.45, 2.75) is 48.9 Å². The van der Waals surface area contributed by atoms with Gasteiger partial charge in [-0.2, -0.15) is 21.6 Å². The van der Waals surface area contributed by atoms with Crippen molar-refractivity contribution < 1.29 is 35.5 Å². The SMILES string of the molecule is CC(C)(C)c1ccc(C(Cc2ccc(C(=O)NCCS(=O)(=O)O)cc2)c2cc(-c3ccc(SC(F)(F)F)cc3)on2)cc1. The Morgan fingerprint density at radius 3 is 2.16 bits per heavy atom. The predicted octanol–water partition coefficient (Wildman–Crippen LogP) is 7.24. The molecule has 43 heavy (non-hydrogen) atoms. The molecule has 0 aliphatic heterocycles. The van der Waals surface area contributed by atoms with Gasteiger partial charge in [0, 0.05) is 34.6 Å². The zero-order valence-electron chi connectivity index (χ0n) is 23.7. The minimum absolute atomic E-state index is 0.0383. The predicted molar refractivity (Wildman–Crippen MR) is 160 cm³/mol. The number of amides is 1. The van der Waals surface area contributed by atoms with Gasteiger partial charge >= 0.3 is 5.51 Å². The van der Waals surface area contributed by atoms with Crippen LogP contribution in [0.4, 0.5) is 13.2 Å². The standard InChI is InChI=1S/C31H31F3N2O5S2/c1-30(2,3)24-12-8-21(9-13-24)26(18-20-4-6-23(7-5-20)29(37)35-16-17-43(38,39)40)27-19-28(41-36-27)22-10-14-25(15-11-22)42-31(32,33)34/h4-15,19,26H,16-18H2,1-3H3,(H,35,37)(H,38,39,40). The van der Waals surface area contributed by atoms with Crippen LogP contribution in [0.15, 0.2) is 88.3 Å². The third-order valence-electron chi connectivity index (χ3n) is 6.74. The molecule has 228 valence electrons. The summed E-state index contributed by atoms with van der Waals surface area (Å²) in [6, 6.07) is 22.8. The van der Waals surface area contributed by atoms with Crippen molar-refractivity contribution in [1.29, 1.82) is 0 Å². The number of hydrogen-bond donors (Lipinski definition) is 2. The third-order valence-corrected chi connectivity index (χ3v) is 8.20. The van der Waals surface area contributed by atoms with E-state index in [2.05, 4.69) is 43.4 Å². The first-order chi connectivity index (χ1) is 20.1. The maximum Gasteiger partial charge on any atom is 0.446 e. The maximum absolute atomic E-state index is 12.7. The molecule has 1 amide bonds. The first-order valence-electron chi connectivity index (χ1n) is 13.3. The van der Waals surface area contributed by atoms with Crippen LogP contribution in [-0.4, -0.2) is 41.8 Å². The van der Waals surface area contributed by atoms with E-state index in [1.165, 1.54) is 12.1 Å². The van der Waals surface area contributed by atoms with Gasteiger partial charge in [0.05, 0.1) is 11.4 Å². The van der Waals surface area contributed by atoms with E-state index in [-0.39, 0.29) is 34.5 Å². The van der Waals surface area contributed by atoms with Gasteiger partial charge in [-0.25, -0.2) is 0 Å². The molecule has 1 heterocycles. The molecule has 1 unspecified atom stereocenters. The fourth-order valence-electron chi connectivity index (χ4n) is 4.44. The number of benzene rings is 3. The minimum atomic E-state index is -4.37. The lowest BCUT2D eigenvalue weighted by atomic mass is 9.83. The average Bonchev–Trinajstić information content (AvgIpc) is 3.40. The van der Waals surface area contributed by atoms with Crippen LogP contribution in [0.1, 0.15) is 59.4 Å². The highest BCUT2D eigenvalue weighted by Crippen LogP contribution is 2.38. The number of carbonyl (C=O) groups excluding carboxylic acids is 1. The molecule has 1 atom stereocenters. The number of alkyl halides is 3. The molecule has 0 spiro atoms. The molecule has 1 aromatic heterocycles. The summed E-state index contributed by atoms with van der Waals surface area (Å²) in [6.07, 6.45) is 0.507. The fraction of sp³-hybridized carbons (Fsp3) is 0.290. The van der Waals surface area contributed by atoms with Gasteiger partial charge < -0.3 is 9.84 Å². The molecule has 2 N–H and O–H groups in total. The number of nitrogens with one attached hydrogen (secondary N) is 1. The number of rotatable bonds is 10. The van der Waals surface area contributed by atoms with Crippen LogP contribution in [0.3, 0.4) is 0 Å². The van der Waals surface area contributed by atoms with Crippen LogP contribution < -0.4 is 5.32 Å². The van der Waals surface area contributed by atoms with Gasteiger partial charge in [-0.15, -0.1) is 0 Å². The number of halogens is 3. The summed E-state index contributed by atoms with van der Waals surface area (Å²) in [7, 11) is -4.18. The Hall–Kier alpha value is -3.61. The Labute approximate surface area is 252 Å². The summed E-state index contributed by atoms with van der Waals surface area (Å²) < 4.78 is 74.4. The second-order valence-electron chi connectivity index (χ2n) is 11.1. The molecule has 0 fully saturated rings. The average molecular weight is 633 g/mol. The van der Waals surface area contributed by atoms with Crippen LogP contribution in [0.25, 0.3) is 11.3 Å². The van der Waals surface area contributed by atoms with Crippen molar-refractivity contribution in [3.05, 3.63) is 107 Å². The molecule has 0 saturated carbocycles. The zero-order valence-corrected chi connectivity index (χ0v) is 25.3. The van der Waals surface area contributed by atoms with Crippen LogP contribution in [0.2, 0.25) is 0 Å². The monoisotopic (exact) mass is 632 g/mol. The van der Waals surface area contributed by atoms with E-state index in [4.69, 9.17) is 9.08 Å². The lowest BCUT2D eigenvalue weighted by Gasteiger charge is -2.21. The van der Waals surface area contributed by atoms with Gasteiger partial charge in [-0.3, -0.25) is 9.35 Å². The Kier molecular flexibility index (Phi) is 9.73. The zero-order chi connectivity index (χ0) is 31.4. The van der Waals surface area contributed by atoms with Gasteiger partial charge in [-0.1, -0.05) is 74.5 Å². The van der Waals surface area contributed by atoms with E-state index in [0.29, 0.717) is 29.0 Å². The van der Waals surface area contributed by atoms with Crippen LogP contribution in [0.5, 0.6) is 0 Å². The topological polar surface area (TPSA) is 110 Å². The Balaban J connectivity index is 1.58. The molecule has 0 saturated heterocycles. The summed E-state index contributed by atoms with van der Waals surface area (Å²) >= 11 is -0.182. The van der Waals surface area contributed by atoms with E-state index < -0.39 is 27.3 Å².